The molecule has 0 radical (unpaired) electrons. The van der Waals surface area contributed by atoms with Crippen molar-refractivity contribution in [3.63, 3.8) is 0 Å². The zero-order valence-corrected chi connectivity index (χ0v) is 10.1. The van der Waals surface area contributed by atoms with Crippen LogP contribution in [-0.4, -0.2) is 28.8 Å². The van der Waals surface area contributed by atoms with Crippen LogP contribution in [0.15, 0.2) is 24.3 Å². The van der Waals surface area contributed by atoms with Gasteiger partial charge in [0.1, 0.15) is 5.82 Å². The fourth-order valence-electron chi connectivity index (χ4n) is 1.19. The Morgan fingerprint density at radius 2 is 1.75 bits per heavy atom. The number of aliphatic carboxylic acids is 1. The third-order valence-electron chi connectivity index (χ3n) is 2.48. The number of carboxylic acid groups (broad SMARTS) is 1. The fourth-order valence-corrected chi connectivity index (χ4v) is 1.19. The second kappa shape index (κ2) is 5.35. The Kier molecular flexibility index (Phi) is 4.21. The van der Waals surface area contributed by atoms with Crippen molar-refractivity contribution in [3.05, 3.63) is 30.1 Å². The van der Waals surface area contributed by atoms with Gasteiger partial charge in [0.15, 0.2) is 0 Å². The highest BCUT2D eigenvalue weighted by molar-refractivity contribution is 5.94. The smallest absolute Gasteiger partial charge is 0.422 e. The van der Waals surface area contributed by atoms with Crippen LogP contribution in [-0.2, 0) is 4.79 Å². The third kappa shape index (κ3) is 3.16. The first-order valence-corrected chi connectivity index (χ1v) is 5.22. The van der Waals surface area contributed by atoms with Crippen LogP contribution in [0.3, 0.4) is 0 Å². The van der Waals surface area contributed by atoms with Gasteiger partial charge in [0.2, 0.25) is 5.54 Å². The van der Waals surface area contributed by atoms with Crippen molar-refractivity contribution in [2.24, 2.45) is 0 Å². The SMILES string of the molecule is CC(NC(=O)Nc1ccccc1F)(C(=O)O)C(F)(F)F. The average Bonchev–Trinajstić information content (AvgIpc) is 2.30. The summed E-state index contributed by atoms with van der Waals surface area (Å²) in [6, 6.07) is 3.27. The van der Waals surface area contributed by atoms with Gasteiger partial charge in [-0.1, -0.05) is 12.1 Å². The van der Waals surface area contributed by atoms with Gasteiger partial charge in [0.25, 0.3) is 0 Å². The number of alkyl halides is 3. The maximum absolute atomic E-state index is 13.2. The van der Waals surface area contributed by atoms with Crippen molar-refractivity contribution in [1.82, 2.24) is 5.32 Å². The largest absolute Gasteiger partial charge is 0.479 e. The molecule has 0 aromatic heterocycles. The Balaban J connectivity index is 2.89. The number of hydrogen-bond donors (Lipinski definition) is 3. The number of urea groups is 1. The first-order chi connectivity index (χ1) is 9.08. The monoisotopic (exact) mass is 294 g/mol. The topological polar surface area (TPSA) is 78.4 Å². The zero-order valence-electron chi connectivity index (χ0n) is 10.1. The highest BCUT2D eigenvalue weighted by atomic mass is 19.4. The van der Waals surface area contributed by atoms with E-state index in [2.05, 4.69) is 0 Å². The van der Waals surface area contributed by atoms with Crippen molar-refractivity contribution in [2.45, 2.75) is 18.6 Å². The highest BCUT2D eigenvalue weighted by Crippen LogP contribution is 2.30. The normalized spacial score (nSPS) is 14.2. The lowest BCUT2D eigenvalue weighted by Gasteiger charge is -2.28. The van der Waals surface area contributed by atoms with E-state index in [0.717, 1.165) is 12.1 Å². The summed E-state index contributed by atoms with van der Waals surface area (Å²) >= 11 is 0. The molecule has 1 aromatic carbocycles. The molecule has 0 aliphatic rings. The van der Waals surface area contributed by atoms with Crippen molar-refractivity contribution < 1.29 is 32.3 Å². The number of halogens is 4. The molecule has 0 aliphatic carbocycles. The van der Waals surface area contributed by atoms with Crippen LogP contribution in [0.25, 0.3) is 0 Å². The molecule has 1 rings (SSSR count). The van der Waals surface area contributed by atoms with Gasteiger partial charge in [-0.15, -0.1) is 0 Å². The molecule has 2 amide bonds. The number of carboxylic acids is 1. The Morgan fingerprint density at radius 3 is 2.20 bits per heavy atom. The number of para-hydroxylation sites is 1. The molecule has 5 nitrogen and oxygen atoms in total. The molecule has 9 heteroatoms. The van der Waals surface area contributed by atoms with Gasteiger partial charge in [-0.3, -0.25) is 0 Å². The van der Waals surface area contributed by atoms with Crippen LogP contribution in [0.1, 0.15) is 6.92 Å². The minimum absolute atomic E-state index is 0.288. The molecule has 110 valence electrons. The van der Waals surface area contributed by atoms with Gasteiger partial charge in [0, 0.05) is 0 Å². The van der Waals surface area contributed by atoms with Crippen LogP contribution >= 0.6 is 0 Å². The number of amides is 2. The summed E-state index contributed by atoms with van der Waals surface area (Å²) < 4.78 is 51.1. The maximum Gasteiger partial charge on any atom is 0.422 e. The number of carbonyl (C=O) groups excluding carboxylic acids is 1. The molecule has 0 heterocycles. The van der Waals surface area contributed by atoms with Crippen molar-refractivity contribution in [2.75, 3.05) is 5.32 Å². The zero-order chi connectivity index (χ0) is 15.6. The Hall–Kier alpha value is -2.32. The summed E-state index contributed by atoms with van der Waals surface area (Å²) in [5.41, 5.74) is -3.86. The van der Waals surface area contributed by atoms with Gasteiger partial charge < -0.3 is 15.7 Å². The third-order valence-corrected chi connectivity index (χ3v) is 2.48. The molecule has 1 unspecified atom stereocenters. The second-order valence-electron chi connectivity index (χ2n) is 3.99. The first kappa shape index (κ1) is 15.7. The van der Waals surface area contributed by atoms with E-state index < -0.39 is 29.5 Å². The van der Waals surface area contributed by atoms with Crippen LogP contribution in [0.2, 0.25) is 0 Å². The molecule has 1 aromatic rings. The van der Waals surface area contributed by atoms with Crippen LogP contribution in [0.5, 0.6) is 0 Å². The van der Waals surface area contributed by atoms with Crippen molar-refractivity contribution >= 4 is 17.7 Å². The molecule has 0 aliphatic heterocycles. The number of rotatable bonds is 3. The van der Waals surface area contributed by atoms with E-state index in [1.807, 2.05) is 0 Å². The number of hydrogen-bond acceptors (Lipinski definition) is 2. The van der Waals surface area contributed by atoms with Crippen LogP contribution in [0.4, 0.5) is 28.0 Å². The fraction of sp³-hybridized carbons (Fsp3) is 0.273. The van der Waals surface area contributed by atoms with Gasteiger partial charge in [-0.05, 0) is 19.1 Å². The molecule has 20 heavy (non-hydrogen) atoms. The van der Waals surface area contributed by atoms with E-state index in [9.17, 15) is 27.2 Å². The van der Waals surface area contributed by atoms with Crippen molar-refractivity contribution in [1.29, 1.82) is 0 Å². The summed E-state index contributed by atoms with van der Waals surface area (Å²) in [6.07, 6.45) is -5.22. The number of benzene rings is 1. The lowest BCUT2D eigenvalue weighted by molar-refractivity contribution is -0.203. The van der Waals surface area contributed by atoms with E-state index in [1.54, 1.807) is 5.32 Å². The Labute approximate surface area is 110 Å². The van der Waals surface area contributed by atoms with Gasteiger partial charge in [-0.2, -0.15) is 13.2 Å². The van der Waals surface area contributed by atoms with E-state index >= 15 is 0 Å². The van der Waals surface area contributed by atoms with Gasteiger partial charge >= 0.3 is 18.2 Å². The van der Waals surface area contributed by atoms with Crippen LogP contribution < -0.4 is 10.6 Å². The summed E-state index contributed by atoms with van der Waals surface area (Å²) in [7, 11) is 0. The summed E-state index contributed by atoms with van der Waals surface area (Å²) in [6.45, 7) is 0.288. The lowest BCUT2D eigenvalue weighted by atomic mass is 10.0. The predicted octanol–water partition coefficient (Wildman–Crippen LogP) is 2.35. The van der Waals surface area contributed by atoms with E-state index in [1.165, 1.54) is 17.4 Å². The van der Waals surface area contributed by atoms with E-state index in [0.29, 0.717) is 0 Å². The predicted molar refractivity (Wildman–Crippen MR) is 60.7 cm³/mol. The van der Waals surface area contributed by atoms with E-state index in [4.69, 9.17) is 5.11 Å². The quantitative estimate of drug-likeness (QED) is 0.749. The minimum atomic E-state index is -5.22. The maximum atomic E-state index is 13.2. The highest BCUT2D eigenvalue weighted by Gasteiger charge is 2.58. The minimum Gasteiger partial charge on any atom is -0.479 e. The molecule has 1 atom stereocenters. The first-order valence-electron chi connectivity index (χ1n) is 5.22. The summed E-state index contributed by atoms with van der Waals surface area (Å²) in [4.78, 5) is 22.1. The Bertz CT molecular complexity index is 533. The molecule has 3 N–H and O–H groups in total. The molecular formula is C11H10F4N2O3. The summed E-state index contributed by atoms with van der Waals surface area (Å²) in [5, 5.41) is 11.7. The Morgan fingerprint density at radius 1 is 1.20 bits per heavy atom. The molecule has 0 saturated heterocycles. The van der Waals surface area contributed by atoms with E-state index in [-0.39, 0.29) is 12.6 Å². The molecule has 0 fully saturated rings. The number of anilines is 1. The van der Waals surface area contributed by atoms with Gasteiger partial charge in [-0.25, -0.2) is 14.0 Å². The molecule has 0 bridgehead atoms. The lowest BCUT2D eigenvalue weighted by Crippen LogP contribution is -2.62. The standard InChI is InChI=1S/C11H10F4N2O3/c1-10(8(18)19,11(13,14)15)17-9(20)16-7-5-3-2-4-6(7)12/h2-5H,1H3,(H,18,19)(H2,16,17,20). The number of carbonyl (C=O) groups is 2. The molecular weight excluding hydrogens is 284 g/mol. The van der Waals surface area contributed by atoms with Crippen molar-refractivity contribution in [3.8, 4) is 0 Å². The number of nitrogens with one attached hydrogen (secondary N) is 2. The summed E-state index contributed by atoms with van der Waals surface area (Å²) in [5.74, 6) is -3.15. The van der Waals surface area contributed by atoms with Crippen LogP contribution in [0, 0.1) is 5.82 Å². The second-order valence-corrected chi connectivity index (χ2v) is 3.99. The van der Waals surface area contributed by atoms with Gasteiger partial charge in [0.05, 0.1) is 5.69 Å². The molecule has 0 saturated carbocycles. The molecule has 0 spiro atoms. The average molecular weight is 294 g/mol.